The number of nitro benzene ring substituents is 1. The van der Waals surface area contributed by atoms with Gasteiger partial charge in [-0.15, -0.1) is 0 Å². The van der Waals surface area contributed by atoms with Crippen molar-refractivity contribution in [3.8, 4) is 0 Å². The zero-order chi connectivity index (χ0) is 15.6. The highest BCUT2D eigenvalue weighted by atomic mass is 35.5. The van der Waals surface area contributed by atoms with Crippen LogP contribution in [0.1, 0.15) is 10.4 Å². The second kappa shape index (κ2) is 5.84. The standard InChI is InChI=1S/C13H7ClF2N2O3/c14-7-4-5-10(11(6-7)18(20)21)17-13(19)12-8(15)2-1-3-9(12)16/h1-6H,(H,17,19). The second-order valence-corrected chi connectivity index (χ2v) is 4.41. The van der Waals surface area contributed by atoms with Gasteiger partial charge in [-0.05, 0) is 24.3 Å². The molecule has 2 aromatic carbocycles. The fourth-order valence-electron chi connectivity index (χ4n) is 1.66. The summed E-state index contributed by atoms with van der Waals surface area (Å²) < 4.78 is 26.9. The Balaban J connectivity index is 2.39. The van der Waals surface area contributed by atoms with Gasteiger partial charge in [-0.2, -0.15) is 0 Å². The van der Waals surface area contributed by atoms with Crippen LogP contribution in [0.4, 0.5) is 20.2 Å². The van der Waals surface area contributed by atoms with Crippen LogP contribution >= 0.6 is 11.6 Å². The number of carbonyl (C=O) groups excluding carboxylic acids is 1. The zero-order valence-electron chi connectivity index (χ0n) is 10.3. The molecule has 0 aliphatic carbocycles. The molecule has 0 saturated heterocycles. The molecular formula is C13H7ClF2N2O3. The number of anilines is 1. The lowest BCUT2D eigenvalue weighted by Gasteiger charge is -2.07. The van der Waals surface area contributed by atoms with Crippen molar-refractivity contribution < 1.29 is 18.5 Å². The van der Waals surface area contributed by atoms with Gasteiger partial charge in [0.1, 0.15) is 22.9 Å². The van der Waals surface area contributed by atoms with E-state index in [4.69, 9.17) is 11.6 Å². The first-order chi connectivity index (χ1) is 9.90. The average Bonchev–Trinajstić information content (AvgIpc) is 2.40. The van der Waals surface area contributed by atoms with E-state index >= 15 is 0 Å². The molecule has 1 amide bonds. The van der Waals surface area contributed by atoms with Crippen LogP contribution in [0.2, 0.25) is 5.02 Å². The molecule has 0 aliphatic rings. The number of benzene rings is 2. The minimum absolute atomic E-state index is 0.0942. The van der Waals surface area contributed by atoms with Gasteiger partial charge in [-0.25, -0.2) is 8.78 Å². The summed E-state index contributed by atoms with van der Waals surface area (Å²) in [5.41, 5.74) is -1.51. The van der Waals surface area contributed by atoms with Crippen LogP contribution in [0, 0.1) is 21.7 Å². The molecule has 21 heavy (non-hydrogen) atoms. The Kier molecular flexibility index (Phi) is 4.13. The van der Waals surface area contributed by atoms with Crippen LogP contribution in [0.3, 0.4) is 0 Å². The molecule has 0 radical (unpaired) electrons. The molecular weight excluding hydrogens is 306 g/mol. The van der Waals surface area contributed by atoms with E-state index in [0.29, 0.717) is 0 Å². The van der Waals surface area contributed by atoms with Crippen molar-refractivity contribution in [2.24, 2.45) is 0 Å². The van der Waals surface area contributed by atoms with Crippen LogP contribution in [0.15, 0.2) is 36.4 Å². The SMILES string of the molecule is O=C(Nc1ccc(Cl)cc1[N+](=O)[O-])c1c(F)cccc1F. The van der Waals surface area contributed by atoms with Gasteiger partial charge >= 0.3 is 0 Å². The molecule has 0 fully saturated rings. The molecule has 2 rings (SSSR count). The van der Waals surface area contributed by atoms with Crippen molar-refractivity contribution in [3.63, 3.8) is 0 Å². The average molecular weight is 313 g/mol. The smallest absolute Gasteiger partial charge is 0.294 e. The summed E-state index contributed by atoms with van der Waals surface area (Å²) >= 11 is 5.63. The number of nitrogens with zero attached hydrogens (tertiary/aromatic N) is 1. The molecule has 2 aromatic rings. The third-order valence-corrected chi connectivity index (χ3v) is 2.83. The van der Waals surface area contributed by atoms with E-state index in [-0.39, 0.29) is 10.7 Å². The molecule has 0 atom stereocenters. The lowest BCUT2D eigenvalue weighted by molar-refractivity contribution is -0.383. The Hall–Kier alpha value is -2.54. The highest BCUT2D eigenvalue weighted by molar-refractivity contribution is 6.31. The molecule has 0 unspecified atom stereocenters. The van der Waals surface area contributed by atoms with Crippen molar-refractivity contribution in [1.82, 2.24) is 0 Å². The summed E-state index contributed by atoms with van der Waals surface area (Å²) in [6.45, 7) is 0. The van der Waals surface area contributed by atoms with E-state index in [1.807, 2.05) is 0 Å². The van der Waals surface area contributed by atoms with Crippen LogP contribution in [0.25, 0.3) is 0 Å². The molecule has 0 saturated carbocycles. The lowest BCUT2D eigenvalue weighted by Crippen LogP contribution is -2.16. The molecule has 108 valence electrons. The fourth-order valence-corrected chi connectivity index (χ4v) is 1.83. The molecule has 5 nitrogen and oxygen atoms in total. The van der Waals surface area contributed by atoms with Gasteiger partial charge in [0, 0.05) is 11.1 Å². The predicted octanol–water partition coefficient (Wildman–Crippen LogP) is 3.78. The van der Waals surface area contributed by atoms with Gasteiger partial charge in [-0.1, -0.05) is 17.7 Å². The van der Waals surface area contributed by atoms with E-state index in [2.05, 4.69) is 5.32 Å². The number of amides is 1. The van der Waals surface area contributed by atoms with Crippen molar-refractivity contribution in [3.05, 3.63) is 68.7 Å². The summed E-state index contributed by atoms with van der Waals surface area (Å²) in [5.74, 6) is -3.26. The molecule has 0 spiro atoms. The zero-order valence-corrected chi connectivity index (χ0v) is 11.0. The molecule has 0 aromatic heterocycles. The quantitative estimate of drug-likeness (QED) is 0.692. The monoisotopic (exact) mass is 312 g/mol. The maximum absolute atomic E-state index is 13.5. The van der Waals surface area contributed by atoms with Gasteiger partial charge in [0.25, 0.3) is 11.6 Å². The Labute approximate surface area is 122 Å². The van der Waals surface area contributed by atoms with E-state index in [1.54, 1.807) is 0 Å². The Morgan fingerprint density at radius 3 is 2.38 bits per heavy atom. The maximum atomic E-state index is 13.5. The molecule has 8 heteroatoms. The Morgan fingerprint density at radius 1 is 1.19 bits per heavy atom. The summed E-state index contributed by atoms with van der Waals surface area (Å²) in [4.78, 5) is 22.0. The molecule has 0 heterocycles. The van der Waals surface area contributed by atoms with Gasteiger partial charge in [-0.3, -0.25) is 14.9 Å². The van der Waals surface area contributed by atoms with Crippen molar-refractivity contribution in [1.29, 1.82) is 0 Å². The minimum Gasteiger partial charge on any atom is -0.316 e. The number of nitro groups is 1. The number of hydrogen-bond acceptors (Lipinski definition) is 3. The second-order valence-electron chi connectivity index (χ2n) is 3.97. The fraction of sp³-hybridized carbons (Fsp3) is 0. The van der Waals surface area contributed by atoms with E-state index in [9.17, 15) is 23.7 Å². The van der Waals surface area contributed by atoms with E-state index < -0.39 is 33.7 Å². The molecule has 0 aliphatic heterocycles. The number of carbonyl (C=O) groups is 1. The summed E-state index contributed by atoms with van der Waals surface area (Å²) in [7, 11) is 0. The van der Waals surface area contributed by atoms with Crippen LogP contribution in [-0.4, -0.2) is 10.8 Å². The Morgan fingerprint density at radius 2 is 1.81 bits per heavy atom. The topological polar surface area (TPSA) is 72.2 Å². The first-order valence-corrected chi connectivity index (χ1v) is 5.97. The van der Waals surface area contributed by atoms with Gasteiger partial charge in [0.2, 0.25) is 0 Å². The number of halogens is 3. The van der Waals surface area contributed by atoms with Crippen LogP contribution in [0.5, 0.6) is 0 Å². The third kappa shape index (κ3) is 3.14. The third-order valence-electron chi connectivity index (χ3n) is 2.59. The van der Waals surface area contributed by atoms with Gasteiger partial charge in [0.15, 0.2) is 0 Å². The summed E-state index contributed by atoms with van der Waals surface area (Å²) in [5, 5.41) is 13.1. The summed E-state index contributed by atoms with van der Waals surface area (Å²) in [6.07, 6.45) is 0. The van der Waals surface area contributed by atoms with Crippen LogP contribution in [-0.2, 0) is 0 Å². The van der Waals surface area contributed by atoms with Gasteiger partial charge in [0.05, 0.1) is 4.92 Å². The van der Waals surface area contributed by atoms with Gasteiger partial charge < -0.3 is 5.32 Å². The maximum Gasteiger partial charge on any atom is 0.294 e. The highest BCUT2D eigenvalue weighted by Crippen LogP contribution is 2.28. The highest BCUT2D eigenvalue weighted by Gasteiger charge is 2.21. The van der Waals surface area contributed by atoms with Crippen LogP contribution < -0.4 is 5.32 Å². The number of nitrogens with one attached hydrogen (secondary N) is 1. The Bertz CT molecular complexity index is 717. The van der Waals surface area contributed by atoms with E-state index in [0.717, 1.165) is 24.3 Å². The van der Waals surface area contributed by atoms with Crippen molar-refractivity contribution in [2.75, 3.05) is 5.32 Å². The lowest BCUT2D eigenvalue weighted by atomic mass is 10.1. The normalized spacial score (nSPS) is 10.2. The van der Waals surface area contributed by atoms with E-state index in [1.165, 1.54) is 12.1 Å². The predicted molar refractivity (Wildman–Crippen MR) is 72.4 cm³/mol. The first kappa shape index (κ1) is 14.9. The minimum atomic E-state index is -1.13. The first-order valence-electron chi connectivity index (χ1n) is 5.59. The number of hydrogen-bond donors (Lipinski definition) is 1. The largest absolute Gasteiger partial charge is 0.316 e. The number of rotatable bonds is 3. The van der Waals surface area contributed by atoms with Crippen molar-refractivity contribution in [2.45, 2.75) is 0 Å². The summed E-state index contributed by atoms with van der Waals surface area (Å²) in [6, 6.07) is 6.43. The molecule has 0 bridgehead atoms. The van der Waals surface area contributed by atoms with Crippen molar-refractivity contribution >= 4 is 28.9 Å². The molecule has 1 N–H and O–H groups in total.